The molecule has 0 aliphatic carbocycles. The van der Waals surface area contributed by atoms with E-state index in [9.17, 15) is 14.4 Å². The van der Waals surface area contributed by atoms with E-state index in [1.54, 1.807) is 0 Å². The van der Waals surface area contributed by atoms with E-state index in [0.29, 0.717) is 19.3 Å². The minimum Gasteiger partial charge on any atom is -0.462 e. The summed E-state index contributed by atoms with van der Waals surface area (Å²) in [6, 6.07) is 0. The van der Waals surface area contributed by atoms with Gasteiger partial charge in [-0.2, -0.15) is 0 Å². The predicted molar refractivity (Wildman–Crippen MR) is 261 cm³/mol. The maximum atomic E-state index is 12.7. The molecule has 0 rings (SSSR count). The molecule has 0 aliphatic heterocycles. The van der Waals surface area contributed by atoms with Crippen LogP contribution in [0.15, 0.2) is 0 Å². The molecule has 0 heterocycles. The van der Waals surface area contributed by atoms with Crippen molar-refractivity contribution in [2.45, 2.75) is 304 Å². The van der Waals surface area contributed by atoms with Gasteiger partial charge >= 0.3 is 17.9 Å². The number of hydrogen-bond donors (Lipinski definition) is 0. The highest BCUT2D eigenvalue weighted by molar-refractivity contribution is 5.71. The zero-order chi connectivity index (χ0) is 44.9. The Labute approximate surface area is 380 Å². The van der Waals surface area contributed by atoms with E-state index in [0.717, 1.165) is 75.5 Å². The van der Waals surface area contributed by atoms with Crippen molar-refractivity contribution in [3.63, 3.8) is 0 Å². The zero-order valence-electron chi connectivity index (χ0n) is 42.0. The molecule has 362 valence electrons. The molecule has 1 unspecified atom stereocenters. The van der Waals surface area contributed by atoms with Crippen molar-refractivity contribution in [1.82, 2.24) is 0 Å². The van der Waals surface area contributed by atoms with Gasteiger partial charge in [-0.25, -0.2) is 0 Å². The Morgan fingerprint density at radius 3 is 0.852 bits per heavy atom. The zero-order valence-corrected chi connectivity index (χ0v) is 42.0. The van der Waals surface area contributed by atoms with Crippen molar-refractivity contribution in [1.29, 1.82) is 0 Å². The summed E-state index contributed by atoms with van der Waals surface area (Å²) in [6.07, 6.45) is 46.8. The van der Waals surface area contributed by atoms with Crippen LogP contribution in [0.25, 0.3) is 0 Å². The average Bonchev–Trinajstić information content (AvgIpc) is 3.23. The molecule has 0 aliphatic rings. The Morgan fingerprint density at radius 2 is 0.574 bits per heavy atom. The van der Waals surface area contributed by atoms with Gasteiger partial charge < -0.3 is 14.2 Å². The molecule has 0 bridgehead atoms. The van der Waals surface area contributed by atoms with Crippen molar-refractivity contribution < 1.29 is 28.6 Å². The van der Waals surface area contributed by atoms with E-state index >= 15 is 0 Å². The highest BCUT2D eigenvalue weighted by Crippen LogP contribution is 2.18. The molecule has 0 saturated heterocycles. The van der Waals surface area contributed by atoms with Gasteiger partial charge in [-0.15, -0.1) is 0 Å². The van der Waals surface area contributed by atoms with Crippen molar-refractivity contribution in [2.24, 2.45) is 17.8 Å². The molecule has 0 saturated carbocycles. The van der Waals surface area contributed by atoms with Crippen LogP contribution in [0.1, 0.15) is 298 Å². The van der Waals surface area contributed by atoms with Gasteiger partial charge in [0.05, 0.1) is 0 Å². The van der Waals surface area contributed by atoms with Crippen molar-refractivity contribution >= 4 is 17.9 Å². The Bertz CT molecular complexity index is 947. The lowest BCUT2D eigenvalue weighted by molar-refractivity contribution is -0.167. The van der Waals surface area contributed by atoms with E-state index in [-0.39, 0.29) is 31.1 Å². The average molecular weight is 863 g/mol. The summed E-state index contributed by atoms with van der Waals surface area (Å²) in [5, 5.41) is 0. The van der Waals surface area contributed by atoms with Crippen LogP contribution in [0.4, 0.5) is 0 Å². The van der Waals surface area contributed by atoms with Gasteiger partial charge in [0.25, 0.3) is 0 Å². The van der Waals surface area contributed by atoms with Crippen LogP contribution < -0.4 is 0 Å². The highest BCUT2D eigenvalue weighted by Gasteiger charge is 2.19. The summed E-state index contributed by atoms with van der Waals surface area (Å²) in [5.41, 5.74) is 0. The van der Waals surface area contributed by atoms with Crippen LogP contribution in [0.5, 0.6) is 0 Å². The first-order valence-electron chi connectivity index (χ1n) is 27.1. The van der Waals surface area contributed by atoms with Crippen LogP contribution >= 0.6 is 0 Å². The third kappa shape index (κ3) is 47.7. The van der Waals surface area contributed by atoms with E-state index in [1.165, 1.54) is 180 Å². The second kappa shape index (κ2) is 46.4. The molecule has 0 fully saturated rings. The number of esters is 3. The molecule has 0 aromatic heterocycles. The van der Waals surface area contributed by atoms with E-state index in [2.05, 4.69) is 41.5 Å². The fraction of sp³-hybridized carbons (Fsp3) is 0.945. The SMILES string of the molecule is CCC(C)CCCCCCCCCCCCCCCCCCCCC(=O)OC[C@@H](COC(=O)CCCCCCCCCCCC(C)C)OC(=O)CCCCCCCCC(C)C. The molecule has 0 amide bonds. The Hall–Kier alpha value is -1.59. The van der Waals surface area contributed by atoms with Gasteiger partial charge in [0, 0.05) is 19.3 Å². The largest absolute Gasteiger partial charge is 0.462 e. The number of carbonyl (C=O) groups is 3. The van der Waals surface area contributed by atoms with Crippen LogP contribution in [-0.4, -0.2) is 37.2 Å². The summed E-state index contributed by atoms with van der Waals surface area (Å²) >= 11 is 0. The van der Waals surface area contributed by atoms with Gasteiger partial charge in [-0.3, -0.25) is 14.4 Å². The molecular weight excluding hydrogens is 757 g/mol. The van der Waals surface area contributed by atoms with Crippen molar-refractivity contribution in [3.8, 4) is 0 Å². The summed E-state index contributed by atoms with van der Waals surface area (Å²) in [7, 11) is 0. The van der Waals surface area contributed by atoms with Gasteiger partial charge in [-0.1, -0.05) is 260 Å². The van der Waals surface area contributed by atoms with Crippen LogP contribution in [0.3, 0.4) is 0 Å². The molecule has 0 radical (unpaired) electrons. The number of hydrogen-bond acceptors (Lipinski definition) is 6. The van der Waals surface area contributed by atoms with Gasteiger partial charge in [0.1, 0.15) is 13.2 Å². The second-order valence-electron chi connectivity index (χ2n) is 20.1. The molecule has 2 atom stereocenters. The summed E-state index contributed by atoms with van der Waals surface area (Å²) in [5.74, 6) is 1.62. The monoisotopic (exact) mass is 863 g/mol. The van der Waals surface area contributed by atoms with Crippen LogP contribution in [0.2, 0.25) is 0 Å². The van der Waals surface area contributed by atoms with Gasteiger partial charge in [-0.05, 0) is 37.0 Å². The summed E-state index contributed by atoms with van der Waals surface area (Å²) in [4.78, 5) is 37.9. The van der Waals surface area contributed by atoms with E-state index < -0.39 is 6.10 Å². The van der Waals surface area contributed by atoms with Gasteiger partial charge in [0.15, 0.2) is 6.10 Å². The topological polar surface area (TPSA) is 78.9 Å². The molecule has 0 spiro atoms. The molecule has 6 heteroatoms. The van der Waals surface area contributed by atoms with E-state index in [4.69, 9.17) is 14.2 Å². The third-order valence-corrected chi connectivity index (χ3v) is 12.8. The Kier molecular flexibility index (Phi) is 45.2. The first kappa shape index (κ1) is 59.4. The fourth-order valence-corrected chi connectivity index (χ4v) is 8.26. The first-order chi connectivity index (χ1) is 29.6. The fourth-order valence-electron chi connectivity index (χ4n) is 8.26. The standard InChI is InChI=1S/C55H106O6/c1-7-51(6)43-37-31-24-20-16-14-12-10-8-9-11-13-15-17-21-25-32-38-44-53(56)59-47-52(61-55(58)46-40-34-28-27-30-36-42-50(4)5)48-60-54(57)45-39-33-26-22-18-19-23-29-35-41-49(2)3/h49-52H,7-48H2,1-6H3/t51?,52-/m0/s1. The lowest BCUT2D eigenvalue weighted by Crippen LogP contribution is -2.30. The number of unbranched alkanes of at least 4 members (excludes halogenated alkanes) is 30. The lowest BCUT2D eigenvalue weighted by Gasteiger charge is -2.18. The van der Waals surface area contributed by atoms with Gasteiger partial charge in [0.2, 0.25) is 0 Å². The quantitative estimate of drug-likeness (QED) is 0.0344. The summed E-state index contributed by atoms with van der Waals surface area (Å²) < 4.78 is 16.8. The molecule has 0 N–H and O–H groups in total. The van der Waals surface area contributed by atoms with E-state index in [1.807, 2.05) is 0 Å². The lowest BCUT2D eigenvalue weighted by atomic mass is 9.99. The normalized spacial score (nSPS) is 12.6. The van der Waals surface area contributed by atoms with Crippen molar-refractivity contribution in [3.05, 3.63) is 0 Å². The Morgan fingerprint density at radius 1 is 0.328 bits per heavy atom. The minimum absolute atomic E-state index is 0.0656. The maximum Gasteiger partial charge on any atom is 0.306 e. The molecule has 6 nitrogen and oxygen atoms in total. The minimum atomic E-state index is -0.763. The molecule has 0 aromatic rings. The van der Waals surface area contributed by atoms with Crippen molar-refractivity contribution in [2.75, 3.05) is 13.2 Å². The number of carbonyl (C=O) groups excluding carboxylic acids is 3. The molecule has 61 heavy (non-hydrogen) atoms. The second-order valence-corrected chi connectivity index (χ2v) is 20.1. The number of ether oxygens (including phenoxy) is 3. The third-order valence-electron chi connectivity index (χ3n) is 12.8. The van der Waals surface area contributed by atoms with Crippen LogP contribution in [0, 0.1) is 17.8 Å². The molecule has 0 aromatic carbocycles. The highest BCUT2D eigenvalue weighted by atomic mass is 16.6. The van der Waals surface area contributed by atoms with Crippen LogP contribution in [-0.2, 0) is 28.6 Å². The smallest absolute Gasteiger partial charge is 0.306 e. The predicted octanol–water partition coefficient (Wildman–Crippen LogP) is 17.6. The summed E-state index contributed by atoms with van der Waals surface area (Å²) in [6.45, 7) is 13.7. The Balaban J connectivity index is 4.15. The number of rotatable bonds is 48. The maximum absolute atomic E-state index is 12.7. The first-order valence-corrected chi connectivity index (χ1v) is 27.1. The molecular formula is C55H106O6.